The number of nitriles is 2. The third-order valence-electron chi connectivity index (χ3n) is 3.87. The van der Waals surface area contributed by atoms with E-state index in [9.17, 15) is 0 Å². The van der Waals surface area contributed by atoms with Crippen LogP contribution in [-0.4, -0.2) is 0 Å². The molecule has 0 atom stereocenters. The van der Waals surface area contributed by atoms with E-state index in [0.29, 0.717) is 11.5 Å². The Morgan fingerprint density at radius 1 is 0.741 bits per heavy atom. The van der Waals surface area contributed by atoms with Gasteiger partial charge in [0.15, 0.2) is 0 Å². The van der Waals surface area contributed by atoms with Crippen molar-refractivity contribution in [2.45, 2.75) is 0 Å². The average molecular weight is 348 g/mol. The number of hydrogen-bond donors (Lipinski definition) is 0. The highest BCUT2D eigenvalue weighted by atomic mass is 16.3. The summed E-state index contributed by atoms with van der Waals surface area (Å²) in [4.78, 5) is 0. The minimum atomic E-state index is 0.00946. The topological polar surface area (TPSA) is 60.7 Å². The lowest BCUT2D eigenvalue weighted by Gasteiger charge is -2.07. The van der Waals surface area contributed by atoms with Crippen molar-refractivity contribution in [2.24, 2.45) is 0 Å². The summed E-state index contributed by atoms with van der Waals surface area (Å²) in [7, 11) is 0. The van der Waals surface area contributed by atoms with Gasteiger partial charge in [0.2, 0.25) is 0 Å². The summed E-state index contributed by atoms with van der Waals surface area (Å²) in [5.41, 5.74) is 3.37. The Bertz CT molecular complexity index is 1020. The highest BCUT2D eigenvalue weighted by Gasteiger charge is 2.03. The smallest absolute Gasteiger partial charge is 0.133 e. The SMILES string of the molecule is N#CC(C#N)=Cc1ccc(C=CC=C(c2ccccc2)c2ccccc2)o1. The van der Waals surface area contributed by atoms with Crippen molar-refractivity contribution in [3.05, 3.63) is 113 Å². The Morgan fingerprint density at radius 3 is 1.85 bits per heavy atom. The van der Waals surface area contributed by atoms with Gasteiger partial charge in [0.05, 0.1) is 0 Å². The van der Waals surface area contributed by atoms with E-state index in [0.717, 1.165) is 16.7 Å². The summed E-state index contributed by atoms with van der Waals surface area (Å²) in [6.07, 6.45) is 7.24. The summed E-state index contributed by atoms with van der Waals surface area (Å²) in [5, 5.41) is 17.6. The van der Waals surface area contributed by atoms with E-state index in [4.69, 9.17) is 14.9 Å². The van der Waals surface area contributed by atoms with Crippen molar-refractivity contribution in [3.8, 4) is 12.1 Å². The molecule has 2 aromatic carbocycles. The molecule has 128 valence electrons. The van der Waals surface area contributed by atoms with E-state index in [1.807, 2.05) is 66.8 Å². The molecule has 27 heavy (non-hydrogen) atoms. The van der Waals surface area contributed by atoms with Crippen LogP contribution in [0.3, 0.4) is 0 Å². The number of rotatable bonds is 5. The lowest BCUT2D eigenvalue weighted by atomic mass is 9.97. The van der Waals surface area contributed by atoms with Gasteiger partial charge < -0.3 is 4.42 Å². The third-order valence-corrected chi connectivity index (χ3v) is 3.87. The van der Waals surface area contributed by atoms with Crippen molar-refractivity contribution in [1.29, 1.82) is 10.5 Å². The maximum atomic E-state index is 8.81. The van der Waals surface area contributed by atoms with Crippen LogP contribution in [0, 0.1) is 22.7 Å². The molecular formula is C24H16N2O. The first kappa shape index (κ1) is 17.7. The molecule has 3 nitrogen and oxygen atoms in total. The van der Waals surface area contributed by atoms with Crippen LogP contribution in [0.4, 0.5) is 0 Å². The van der Waals surface area contributed by atoms with E-state index < -0.39 is 0 Å². The molecule has 1 aromatic heterocycles. The van der Waals surface area contributed by atoms with Crippen molar-refractivity contribution < 1.29 is 4.42 Å². The van der Waals surface area contributed by atoms with Gasteiger partial charge in [-0.15, -0.1) is 0 Å². The molecular weight excluding hydrogens is 332 g/mol. The van der Waals surface area contributed by atoms with Gasteiger partial charge in [0.1, 0.15) is 29.2 Å². The van der Waals surface area contributed by atoms with E-state index in [1.165, 1.54) is 6.08 Å². The molecule has 3 heteroatoms. The van der Waals surface area contributed by atoms with Crippen molar-refractivity contribution in [2.75, 3.05) is 0 Å². The van der Waals surface area contributed by atoms with Crippen LogP contribution in [0.2, 0.25) is 0 Å². The number of allylic oxidation sites excluding steroid dienone is 3. The minimum absolute atomic E-state index is 0.00946. The third kappa shape index (κ3) is 4.72. The molecule has 3 rings (SSSR count). The first-order valence-corrected chi connectivity index (χ1v) is 8.41. The standard InChI is InChI=1S/C24H16N2O/c25-17-19(18-26)16-23-15-14-22(27-23)12-7-13-24(20-8-3-1-4-9-20)21-10-5-2-6-11-21/h1-16H. The second kappa shape index (κ2) is 8.85. The molecule has 3 aromatic rings. The first-order chi connectivity index (χ1) is 13.3. The van der Waals surface area contributed by atoms with Crippen molar-refractivity contribution in [1.82, 2.24) is 0 Å². The number of nitrogens with zero attached hydrogens (tertiary/aromatic N) is 2. The zero-order chi connectivity index (χ0) is 18.9. The summed E-state index contributed by atoms with van der Waals surface area (Å²) >= 11 is 0. The molecule has 0 aliphatic rings. The highest BCUT2D eigenvalue weighted by Crippen LogP contribution is 2.23. The fourth-order valence-corrected chi connectivity index (χ4v) is 2.60. The molecule has 0 amide bonds. The van der Waals surface area contributed by atoms with Crippen LogP contribution in [0.15, 0.2) is 94.9 Å². The Hall–Kier alpha value is -4.08. The van der Waals surface area contributed by atoms with Gasteiger partial charge in [-0.1, -0.05) is 72.8 Å². The van der Waals surface area contributed by atoms with Crippen LogP contribution in [0.1, 0.15) is 22.6 Å². The van der Waals surface area contributed by atoms with Crippen LogP contribution in [0.5, 0.6) is 0 Å². The van der Waals surface area contributed by atoms with Gasteiger partial charge >= 0.3 is 0 Å². The second-order valence-electron chi connectivity index (χ2n) is 5.69. The Labute approximate surface area is 158 Å². The molecule has 0 N–H and O–H groups in total. The second-order valence-corrected chi connectivity index (χ2v) is 5.69. The molecule has 0 unspecified atom stereocenters. The molecule has 0 saturated heterocycles. The maximum Gasteiger partial charge on any atom is 0.133 e. The summed E-state index contributed by atoms with van der Waals surface area (Å²) in [6, 6.07) is 27.5. The molecule has 0 aliphatic heterocycles. The van der Waals surface area contributed by atoms with Gasteiger partial charge in [-0.05, 0) is 34.9 Å². The van der Waals surface area contributed by atoms with Crippen molar-refractivity contribution >= 4 is 17.7 Å². The summed E-state index contributed by atoms with van der Waals surface area (Å²) in [6.45, 7) is 0. The average Bonchev–Trinajstić information content (AvgIpc) is 3.18. The van der Waals surface area contributed by atoms with E-state index in [2.05, 4.69) is 24.3 Å². The highest BCUT2D eigenvalue weighted by molar-refractivity contribution is 5.81. The lowest BCUT2D eigenvalue weighted by molar-refractivity contribution is 0.547. The van der Waals surface area contributed by atoms with Crippen LogP contribution in [-0.2, 0) is 0 Å². The fraction of sp³-hybridized carbons (Fsp3) is 0. The van der Waals surface area contributed by atoms with E-state index in [1.54, 1.807) is 12.1 Å². The lowest BCUT2D eigenvalue weighted by Crippen LogP contribution is -1.86. The summed E-state index contributed by atoms with van der Waals surface area (Å²) < 4.78 is 5.62. The Morgan fingerprint density at radius 2 is 1.30 bits per heavy atom. The van der Waals surface area contributed by atoms with Gasteiger partial charge in [-0.2, -0.15) is 10.5 Å². The molecule has 0 saturated carbocycles. The van der Waals surface area contributed by atoms with Crippen LogP contribution < -0.4 is 0 Å². The molecule has 0 aliphatic carbocycles. The number of benzene rings is 2. The molecule has 1 heterocycles. The Kier molecular flexibility index (Phi) is 5.81. The zero-order valence-electron chi connectivity index (χ0n) is 14.5. The van der Waals surface area contributed by atoms with Crippen LogP contribution in [0.25, 0.3) is 17.7 Å². The van der Waals surface area contributed by atoms with Gasteiger partial charge in [0, 0.05) is 6.08 Å². The molecule has 0 fully saturated rings. The predicted molar refractivity (Wildman–Crippen MR) is 107 cm³/mol. The number of hydrogen-bond acceptors (Lipinski definition) is 3. The van der Waals surface area contributed by atoms with Gasteiger partial charge in [0.25, 0.3) is 0 Å². The zero-order valence-corrected chi connectivity index (χ0v) is 14.5. The van der Waals surface area contributed by atoms with Crippen molar-refractivity contribution in [3.63, 3.8) is 0 Å². The predicted octanol–water partition coefficient (Wildman–Crippen LogP) is 5.86. The van der Waals surface area contributed by atoms with E-state index >= 15 is 0 Å². The number of furan rings is 1. The Balaban J connectivity index is 1.88. The minimum Gasteiger partial charge on any atom is -0.457 e. The quantitative estimate of drug-likeness (QED) is 0.429. The van der Waals surface area contributed by atoms with Gasteiger partial charge in [-0.25, -0.2) is 0 Å². The normalized spacial score (nSPS) is 10.0. The van der Waals surface area contributed by atoms with E-state index in [-0.39, 0.29) is 5.57 Å². The fourth-order valence-electron chi connectivity index (χ4n) is 2.60. The maximum absolute atomic E-state index is 8.81. The molecule has 0 spiro atoms. The van der Waals surface area contributed by atoms with Gasteiger partial charge in [-0.3, -0.25) is 0 Å². The first-order valence-electron chi connectivity index (χ1n) is 8.41. The largest absolute Gasteiger partial charge is 0.457 e. The monoisotopic (exact) mass is 348 g/mol. The molecule has 0 bridgehead atoms. The summed E-state index contributed by atoms with van der Waals surface area (Å²) in [5.74, 6) is 1.12. The van der Waals surface area contributed by atoms with Crippen LogP contribution >= 0.6 is 0 Å². The molecule has 0 radical (unpaired) electrons.